The van der Waals surface area contributed by atoms with E-state index in [4.69, 9.17) is 14.9 Å². The van der Waals surface area contributed by atoms with Gasteiger partial charge >= 0.3 is 5.69 Å². The van der Waals surface area contributed by atoms with Gasteiger partial charge in [-0.25, -0.2) is 10.2 Å². The summed E-state index contributed by atoms with van der Waals surface area (Å²) < 4.78 is 5.31. The Labute approximate surface area is 195 Å². The summed E-state index contributed by atoms with van der Waals surface area (Å²) in [6.45, 7) is 2.16. The summed E-state index contributed by atoms with van der Waals surface area (Å²) in [6.07, 6.45) is 0. The second-order valence-corrected chi connectivity index (χ2v) is 8.28. The Bertz CT molecular complexity index is 1200. The third kappa shape index (κ3) is 5.19. The topological polar surface area (TPSA) is 107 Å². The zero-order valence-electron chi connectivity index (χ0n) is 17.7. The Morgan fingerprint density at radius 1 is 1.12 bits per heavy atom. The summed E-state index contributed by atoms with van der Waals surface area (Å²) in [7, 11) is 0. The molecule has 0 aliphatic carbocycles. The van der Waals surface area contributed by atoms with Crippen LogP contribution in [0.1, 0.15) is 5.56 Å². The van der Waals surface area contributed by atoms with Crippen molar-refractivity contribution in [3.8, 4) is 28.5 Å². The molecule has 1 aromatic heterocycles. The lowest BCUT2D eigenvalue weighted by Crippen LogP contribution is -2.41. The highest BCUT2D eigenvalue weighted by atomic mass is 32.2. The maximum atomic E-state index is 12.7. The molecule has 0 unspecified atom stereocenters. The van der Waals surface area contributed by atoms with E-state index < -0.39 is 0 Å². The van der Waals surface area contributed by atoms with E-state index in [1.165, 1.54) is 23.9 Å². The maximum Gasteiger partial charge on any atom is 0.316 e. The van der Waals surface area contributed by atoms with Gasteiger partial charge in [-0.15, -0.1) is 0 Å². The van der Waals surface area contributed by atoms with Gasteiger partial charge in [0.2, 0.25) is 5.91 Å². The third-order valence-corrected chi connectivity index (χ3v) is 6.22. The second kappa shape index (κ2) is 10.3. The van der Waals surface area contributed by atoms with Gasteiger partial charge in [0.25, 0.3) is 4.92 Å². The van der Waals surface area contributed by atoms with Crippen molar-refractivity contribution in [3.63, 3.8) is 0 Å². The molecule has 1 amide bonds. The van der Waals surface area contributed by atoms with Gasteiger partial charge in [0.15, 0.2) is 0 Å². The van der Waals surface area contributed by atoms with Crippen LogP contribution in [0.4, 0.5) is 5.69 Å². The highest BCUT2D eigenvalue weighted by Gasteiger charge is 2.21. The number of rotatable bonds is 6. The van der Waals surface area contributed by atoms with Crippen LogP contribution in [0.5, 0.6) is 0 Å². The standard InChI is InChI=1S/C24H21N4O4S/c25-15-21-20(17-6-8-19(9-7-17)28(30)31)14-22(18-4-2-1-3-5-18)26-24(21)33-16-23(29)27-10-12-32-13-11-27/h1-9,14H,10-13,16H2,(H,30,31)/q+1. The molecule has 33 heavy (non-hydrogen) atoms. The average Bonchev–Trinajstić information content (AvgIpc) is 2.87. The molecule has 1 N–H and O–H groups in total. The number of hydrogen-bond acceptors (Lipinski definition) is 6. The van der Waals surface area contributed by atoms with Gasteiger partial charge in [0, 0.05) is 36.3 Å². The van der Waals surface area contributed by atoms with Crippen molar-refractivity contribution in [2.45, 2.75) is 5.03 Å². The molecule has 1 aliphatic heterocycles. The number of hydrogen-bond donors (Lipinski definition) is 1. The number of nitrogens with zero attached hydrogens (tertiary/aromatic N) is 4. The van der Waals surface area contributed by atoms with Crippen LogP contribution in [-0.4, -0.2) is 58.0 Å². The van der Waals surface area contributed by atoms with Crippen molar-refractivity contribution >= 4 is 23.4 Å². The predicted octanol–water partition coefficient (Wildman–Crippen LogP) is 4.04. The summed E-state index contributed by atoms with van der Waals surface area (Å²) in [6, 6.07) is 19.9. The first-order valence-electron chi connectivity index (χ1n) is 10.3. The van der Waals surface area contributed by atoms with Crippen LogP contribution in [0.25, 0.3) is 22.4 Å². The van der Waals surface area contributed by atoms with E-state index in [2.05, 4.69) is 6.07 Å². The first-order chi connectivity index (χ1) is 16.1. The predicted molar refractivity (Wildman–Crippen MR) is 123 cm³/mol. The van der Waals surface area contributed by atoms with Crippen LogP contribution in [-0.2, 0) is 9.53 Å². The van der Waals surface area contributed by atoms with Gasteiger partial charge in [-0.1, -0.05) is 42.1 Å². The Kier molecular flexibility index (Phi) is 6.98. The minimum atomic E-state index is -0.213. The lowest BCUT2D eigenvalue weighted by molar-refractivity contribution is -0.729. The Morgan fingerprint density at radius 3 is 2.45 bits per heavy atom. The Balaban J connectivity index is 1.72. The molecule has 166 valence electrons. The third-order valence-electron chi connectivity index (χ3n) is 5.26. The molecular formula is C24H21N4O4S+. The van der Waals surface area contributed by atoms with Crippen LogP contribution in [0, 0.1) is 16.2 Å². The lowest BCUT2D eigenvalue weighted by atomic mass is 9.99. The molecule has 0 bridgehead atoms. The van der Waals surface area contributed by atoms with E-state index in [1.807, 2.05) is 36.4 Å². The van der Waals surface area contributed by atoms with Crippen LogP contribution in [0.15, 0.2) is 65.7 Å². The number of aromatic nitrogens is 1. The van der Waals surface area contributed by atoms with E-state index in [-0.39, 0.29) is 22.3 Å². The fourth-order valence-electron chi connectivity index (χ4n) is 3.52. The van der Waals surface area contributed by atoms with E-state index in [1.54, 1.807) is 17.0 Å². The van der Waals surface area contributed by atoms with Crippen LogP contribution >= 0.6 is 11.8 Å². The zero-order chi connectivity index (χ0) is 23.2. The molecule has 0 spiro atoms. The van der Waals surface area contributed by atoms with Crippen LogP contribution in [0.3, 0.4) is 0 Å². The first-order valence-corrected chi connectivity index (χ1v) is 11.3. The number of carbonyl (C=O) groups is 1. The van der Waals surface area contributed by atoms with Crippen molar-refractivity contribution in [1.82, 2.24) is 9.88 Å². The van der Waals surface area contributed by atoms with Crippen molar-refractivity contribution in [1.29, 1.82) is 5.26 Å². The van der Waals surface area contributed by atoms with Crippen LogP contribution in [0.2, 0.25) is 0 Å². The highest BCUT2D eigenvalue weighted by Crippen LogP contribution is 2.35. The summed E-state index contributed by atoms with van der Waals surface area (Å²) in [5.41, 5.74) is 3.31. The molecule has 4 rings (SSSR count). The quantitative estimate of drug-likeness (QED) is 0.436. The van der Waals surface area contributed by atoms with E-state index in [0.717, 1.165) is 5.56 Å². The van der Waals surface area contributed by atoms with Gasteiger partial charge in [-0.3, -0.25) is 4.79 Å². The number of thioether (sulfide) groups is 1. The molecular weight excluding hydrogens is 440 g/mol. The Hall–Kier alpha value is -3.74. The molecule has 9 heteroatoms. The average molecular weight is 462 g/mol. The molecule has 8 nitrogen and oxygen atoms in total. The SMILES string of the molecule is N#Cc1c(-c2ccc([N+](=O)O)cc2)cc(-c2ccccc2)nc1SCC(=O)N1CCOCC1. The number of nitriles is 1. The number of amides is 1. The lowest BCUT2D eigenvalue weighted by Gasteiger charge is -2.26. The number of ether oxygens (including phenoxy) is 1. The number of morpholine rings is 1. The molecule has 0 atom stereocenters. The molecule has 1 aliphatic rings. The Morgan fingerprint density at radius 2 is 1.82 bits per heavy atom. The fraction of sp³-hybridized carbons (Fsp3) is 0.208. The summed E-state index contributed by atoms with van der Waals surface area (Å²) in [5, 5.41) is 19.6. The van der Waals surface area contributed by atoms with E-state index in [9.17, 15) is 15.0 Å². The van der Waals surface area contributed by atoms with Gasteiger partial charge in [-0.05, 0) is 23.8 Å². The highest BCUT2D eigenvalue weighted by molar-refractivity contribution is 8.00. The number of benzene rings is 2. The number of pyridine rings is 1. The van der Waals surface area contributed by atoms with Crippen molar-refractivity contribution in [3.05, 3.63) is 71.1 Å². The fourth-order valence-corrected chi connectivity index (χ4v) is 4.43. The minimum Gasteiger partial charge on any atom is -0.378 e. The zero-order valence-corrected chi connectivity index (χ0v) is 18.5. The summed E-state index contributed by atoms with van der Waals surface area (Å²) in [5.74, 6) is 0.136. The van der Waals surface area contributed by atoms with Crippen LogP contribution < -0.4 is 0 Å². The largest absolute Gasteiger partial charge is 0.378 e. The van der Waals surface area contributed by atoms with Crippen molar-refractivity contribution < 1.29 is 19.7 Å². The minimum absolute atomic E-state index is 0.0245. The van der Waals surface area contributed by atoms with Crippen molar-refractivity contribution in [2.75, 3.05) is 32.1 Å². The van der Waals surface area contributed by atoms with Gasteiger partial charge in [0.1, 0.15) is 11.1 Å². The molecule has 2 aromatic carbocycles. The van der Waals surface area contributed by atoms with Gasteiger partial charge in [-0.2, -0.15) is 5.26 Å². The van der Waals surface area contributed by atoms with E-state index in [0.29, 0.717) is 53.7 Å². The molecule has 1 saturated heterocycles. The smallest absolute Gasteiger partial charge is 0.316 e. The summed E-state index contributed by atoms with van der Waals surface area (Å²) >= 11 is 1.24. The first kappa shape index (κ1) is 22.5. The normalized spacial score (nSPS) is 13.4. The summed E-state index contributed by atoms with van der Waals surface area (Å²) in [4.78, 5) is 30.1. The molecule has 0 radical (unpaired) electrons. The molecule has 3 aromatic rings. The van der Waals surface area contributed by atoms with Gasteiger partial charge < -0.3 is 9.64 Å². The monoisotopic (exact) mass is 461 g/mol. The molecule has 2 heterocycles. The molecule has 0 saturated carbocycles. The maximum absolute atomic E-state index is 12.7. The van der Waals surface area contributed by atoms with Gasteiger partial charge in [0.05, 0.1) is 35.1 Å². The van der Waals surface area contributed by atoms with E-state index >= 15 is 0 Å². The van der Waals surface area contributed by atoms with Crippen molar-refractivity contribution in [2.24, 2.45) is 0 Å². The number of carbonyl (C=O) groups excluding carboxylic acids is 1. The second-order valence-electron chi connectivity index (χ2n) is 7.31. The molecule has 1 fully saturated rings.